The summed E-state index contributed by atoms with van der Waals surface area (Å²) in [7, 11) is 1.52. The van der Waals surface area contributed by atoms with Gasteiger partial charge in [0.1, 0.15) is 5.69 Å². The van der Waals surface area contributed by atoms with E-state index < -0.39 is 0 Å². The van der Waals surface area contributed by atoms with Crippen molar-refractivity contribution in [3.8, 4) is 0 Å². The van der Waals surface area contributed by atoms with Gasteiger partial charge in [-0.3, -0.25) is 9.59 Å². The predicted molar refractivity (Wildman–Crippen MR) is 65.2 cm³/mol. The van der Waals surface area contributed by atoms with Crippen LogP contribution in [0.1, 0.15) is 23.3 Å². The highest BCUT2D eigenvalue weighted by Gasteiger charge is 2.24. The van der Waals surface area contributed by atoms with Crippen LogP contribution in [0.25, 0.3) is 0 Å². The van der Waals surface area contributed by atoms with Gasteiger partial charge in [0.05, 0.1) is 0 Å². The third kappa shape index (κ3) is 2.59. The molecule has 1 N–H and O–H groups in total. The smallest absolute Gasteiger partial charge is 0.274 e. The molecule has 0 aromatic carbocycles. The summed E-state index contributed by atoms with van der Waals surface area (Å²) >= 11 is 0. The fourth-order valence-corrected chi connectivity index (χ4v) is 2.10. The maximum atomic E-state index is 12.1. The van der Waals surface area contributed by atoms with Gasteiger partial charge in [0.15, 0.2) is 0 Å². The second kappa shape index (κ2) is 5.30. The van der Waals surface area contributed by atoms with E-state index in [1.807, 2.05) is 0 Å². The van der Waals surface area contributed by atoms with Crippen molar-refractivity contribution in [1.29, 1.82) is 0 Å². The van der Waals surface area contributed by atoms with Crippen molar-refractivity contribution < 1.29 is 9.90 Å². The fraction of sp³-hybridized carbons (Fsp3) is 0.583. The molecule has 1 fully saturated rings. The first-order valence-electron chi connectivity index (χ1n) is 6.06. The summed E-state index contributed by atoms with van der Waals surface area (Å²) in [6.07, 6.45) is 1.63. The van der Waals surface area contributed by atoms with E-state index >= 15 is 0 Å². The average Bonchev–Trinajstić information content (AvgIpc) is 2.41. The highest BCUT2D eigenvalue weighted by molar-refractivity contribution is 5.92. The molecular weight excluding hydrogens is 234 g/mol. The third-order valence-electron chi connectivity index (χ3n) is 3.34. The van der Waals surface area contributed by atoms with Gasteiger partial charge in [-0.05, 0) is 24.8 Å². The number of piperidine rings is 1. The summed E-state index contributed by atoms with van der Waals surface area (Å²) < 4.78 is 1.16. The Morgan fingerprint density at radius 2 is 2.11 bits per heavy atom. The molecule has 0 atom stereocenters. The van der Waals surface area contributed by atoms with Crippen LogP contribution >= 0.6 is 0 Å². The van der Waals surface area contributed by atoms with Gasteiger partial charge in [-0.25, -0.2) is 4.68 Å². The number of nitrogens with zero attached hydrogens (tertiary/aromatic N) is 3. The van der Waals surface area contributed by atoms with Crippen molar-refractivity contribution in [2.24, 2.45) is 13.0 Å². The maximum Gasteiger partial charge on any atom is 0.274 e. The number of carbonyl (C=O) groups is 1. The van der Waals surface area contributed by atoms with E-state index in [0.717, 1.165) is 17.5 Å². The number of carbonyl (C=O) groups excluding carboxylic acids is 1. The molecule has 0 unspecified atom stereocenters. The van der Waals surface area contributed by atoms with Gasteiger partial charge in [0.25, 0.3) is 11.5 Å². The molecule has 6 heteroatoms. The van der Waals surface area contributed by atoms with Crippen LogP contribution in [-0.2, 0) is 7.05 Å². The van der Waals surface area contributed by atoms with Crippen LogP contribution in [0.5, 0.6) is 0 Å². The minimum atomic E-state index is -0.231. The lowest BCUT2D eigenvalue weighted by Gasteiger charge is -2.30. The quantitative estimate of drug-likeness (QED) is 0.777. The van der Waals surface area contributed by atoms with Crippen LogP contribution in [0, 0.1) is 5.92 Å². The second-order valence-corrected chi connectivity index (χ2v) is 4.60. The van der Waals surface area contributed by atoms with E-state index in [1.54, 1.807) is 4.90 Å². The lowest BCUT2D eigenvalue weighted by molar-refractivity contribution is 0.0642. The van der Waals surface area contributed by atoms with Crippen LogP contribution in [0.4, 0.5) is 0 Å². The molecule has 0 aliphatic carbocycles. The van der Waals surface area contributed by atoms with Gasteiger partial charge in [0.2, 0.25) is 0 Å². The molecule has 0 radical (unpaired) electrons. The van der Waals surface area contributed by atoms with Gasteiger partial charge < -0.3 is 10.0 Å². The van der Waals surface area contributed by atoms with Crippen molar-refractivity contribution >= 4 is 5.91 Å². The normalized spacial score (nSPS) is 16.9. The SMILES string of the molecule is Cn1nc(C(=O)N2CCC(CO)CC2)ccc1=O. The van der Waals surface area contributed by atoms with E-state index in [-0.39, 0.29) is 18.1 Å². The standard InChI is InChI=1S/C12H17N3O3/c1-14-11(17)3-2-10(13-14)12(18)15-6-4-9(8-16)5-7-15/h2-3,9,16H,4-8H2,1H3. The minimum absolute atomic E-state index is 0.151. The van der Waals surface area contributed by atoms with Crippen molar-refractivity contribution in [2.45, 2.75) is 12.8 Å². The molecule has 6 nitrogen and oxygen atoms in total. The number of likely N-dealkylation sites (tertiary alicyclic amines) is 1. The number of aliphatic hydroxyl groups is 1. The van der Waals surface area contributed by atoms with E-state index in [4.69, 9.17) is 5.11 Å². The van der Waals surface area contributed by atoms with E-state index in [2.05, 4.69) is 5.10 Å². The Hall–Kier alpha value is -1.69. The number of aryl methyl sites for hydroxylation is 1. The third-order valence-corrected chi connectivity index (χ3v) is 3.34. The number of amides is 1. The molecule has 2 heterocycles. The number of hydrogen-bond acceptors (Lipinski definition) is 4. The first kappa shape index (κ1) is 12.8. The highest BCUT2D eigenvalue weighted by atomic mass is 16.3. The molecule has 2 rings (SSSR count). The molecule has 1 saturated heterocycles. The zero-order valence-electron chi connectivity index (χ0n) is 10.4. The number of aromatic nitrogens is 2. The minimum Gasteiger partial charge on any atom is -0.396 e. The molecule has 98 valence electrons. The second-order valence-electron chi connectivity index (χ2n) is 4.60. The molecule has 0 bridgehead atoms. The summed E-state index contributed by atoms with van der Waals surface area (Å²) in [5.41, 5.74) is 0.0603. The Kier molecular flexibility index (Phi) is 3.76. The van der Waals surface area contributed by atoms with Crippen molar-refractivity contribution in [3.05, 3.63) is 28.2 Å². The highest BCUT2D eigenvalue weighted by Crippen LogP contribution is 2.17. The van der Waals surface area contributed by atoms with E-state index in [9.17, 15) is 9.59 Å². The lowest BCUT2D eigenvalue weighted by Crippen LogP contribution is -2.40. The number of hydrogen-bond donors (Lipinski definition) is 1. The van der Waals surface area contributed by atoms with Crippen molar-refractivity contribution in [1.82, 2.24) is 14.7 Å². The Balaban J connectivity index is 2.07. The Bertz CT molecular complexity index is 490. The molecule has 18 heavy (non-hydrogen) atoms. The largest absolute Gasteiger partial charge is 0.396 e. The molecule has 1 amide bonds. The van der Waals surface area contributed by atoms with Crippen molar-refractivity contribution in [3.63, 3.8) is 0 Å². The predicted octanol–water partition coefficient (Wildman–Crippen LogP) is -0.375. The maximum absolute atomic E-state index is 12.1. The molecule has 1 aliphatic rings. The summed E-state index contributed by atoms with van der Waals surface area (Å²) in [5.74, 6) is 0.143. The Labute approximate surface area is 105 Å². The molecular formula is C12H17N3O3. The summed E-state index contributed by atoms with van der Waals surface area (Å²) in [4.78, 5) is 25.1. The van der Waals surface area contributed by atoms with Gasteiger partial charge in [-0.15, -0.1) is 0 Å². The van der Waals surface area contributed by atoms with Crippen LogP contribution in [0.2, 0.25) is 0 Å². The number of aliphatic hydroxyl groups excluding tert-OH is 1. The first-order chi connectivity index (χ1) is 8.61. The zero-order valence-corrected chi connectivity index (χ0v) is 10.4. The van der Waals surface area contributed by atoms with Crippen LogP contribution in [-0.4, -0.2) is 45.4 Å². The summed E-state index contributed by atoms with van der Waals surface area (Å²) in [6, 6.07) is 2.81. The fourth-order valence-electron chi connectivity index (χ4n) is 2.10. The topological polar surface area (TPSA) is 75.4 Å². The van der Waals surface area contributed by atoms with Crippen molar-refractivity contribution in [2.75, 3.05) is 19.7 Å². The molecule has 0 saturated carbocycles. The van der Waals surface area contributed by atoms with Crippen LogP contribution in [0.15, 0.2) is 16.9 Å². The van der Waals surface area contributed by atoms with Gasteiger partial charge in [0, 0.05) is 32.8 Å². The average molecular weight is 251 g/mol. The Morgan fingerprint density at radius 3 is 2.67 bits per heavy atom. The zero-order chi connectivity index (χ0) is 13.1. The van der Waals surface area contributed by atoms with Crippen LogP contribution in [0.3, 0.4) is 0 Å². The lowest BCUT2D eigenvalue weighted by atomic mass is 9.98. The molecule has 0 spiro atoms. The molecule has 1 aliphatic heterocycles. The Morgan fingerprint density at radius 1 is 1.44 bits per heavy atom. The monoisotopic (exact) mass is 251 g/mol. The summed E-state index contributed by atoms with van der Waals surface area (Å²) in [6.45, 7) is 1.45. The molecule has 1 aromatic heterocycles. The van der Waals surface area contributed by atoms with Gasteiger partial charge in [-0.1, -0.05) is 0 Å². The summed E-state index contributed by atoms with van der Waals surface area (Å²) in [5, 5.41) is 13.0. The first-order valence-corrected chi connectivity index (χ1v) is 6.06. The van der Waals surface area contributed by atoms with Gasteiger partial charge in [-0.2, -0.15) is 5.10 Å². The van der Waals surface area contributed by atoms with E-state index in [0.29, 0.717) is 24.7 Å². The molecule has 1 aromatic rings. The van der Waals surface area contributed by atoms with Crippen LogP contribution < -0.4 is 5.56 Å². The van der Waals surface area contributed by atoms with Gasteiger partial charge >= 0.3 is 0 Å². The number of rotatable bonds is 2. The van der Waals surface area contributed by atoms with E-state index in [1.165, 1.54) is 19.2 Å².